The molecule has 2 saturated heterocycles. The lowest BCUT2D eigenvalue weighted by Gasteiger charge is -2.42. The van der Waals surface area contributed by atoms with Crippen LogP contribution in [0.3, 0.4) is 0 Å². The summed E-state index contributed by atoms with van der Waals surface area (Å²) in [6.07, 6.45) is 0.268. The SMILES string of the molecule is NN(C(=O)N1CC[C@@H]2[C@H]1C(=O)N2S(=O)(=O)O)c1ccccc1. The number of β-lactam (4-membered cyclic amide) rings is 1. The molecule has 22 heavy (non-hydrogen) atoms. The standard InChI is InChI=1S/C12H14N4O5S/c13-15(8-4-2-1-3-5-8)12(18)14-7-6-9-10(14)11(17)16(9)22(19,20)21/h1-5,9-10H,6-7,13H2,(H,19,20,21)/t9-,10+/m1/s1. The molecule has 0 bridgehead atoms. The monoisotopic (exact) mass is 326 g/mol. The fourth-order valence-corrected chi connectivity index (χ4v) is 3.77. The van der Waals surface area contributed by atoms with Gasteiger partial charge in [-0.1, -0.05) is 18.2 Å². The summed E-state index contributed by atoms with van der Waals surface area (Å²) in [6, 6.07) is 6.25. The predicted octanol–water partition coefficient (Wildman–Crippen LogP) is -0.425. The number of rotatable bonds is 2. The van der Waals surface area contributed by atoms with E-state index in [2.05, 4.69) is 0 Å². The molecule has 9 nitrogen and oxygen atoms in total. The average Bonchev–Trinajstić information content (AvgIpc) is 2.83. The van der Waals surface area contributed by atoms with Gasteiger partial charge in [-0.15, -0.1) is 0 Å². The van der Waals surface area contributed by atoms with Gasteiger partial charge >= 0.3 is 16.3 Å². The van der Waals surface area contributed by atoms with Crippen LogP contribution in [0.1, 0.15) is 6.42 Å². The van der Waals surface area contributed by atoms with Crippen LogP contribution in [0.5, 0.6) is 0 Å². The summed E-state index contributed by atoms with van der Waals surface area (Å²) in [5.74, 6) is 4.95. The zero-order chi connectivity index (χ0) is 16.1. The van der Waals surface area contributed by atoms with Gasteiger partial charge in [0.2, 0.25) is 0 Å². The summed E-state index contributed by atoms with van der Waals surface area (Å²) in [6.45, 7) is 0.187. The zero-order valence-electron chi connectivity index (χ0n) is 11.4. The molecule has 118 valence electrons. The van der Waals surface area contributed by atoms with E-state index >= 15 is 0 Å². The van der Waals surface area contributed by atoms with Crippen LogP contribution in [0.15, 0.2) is 30.3 Å². The number of carbonyl (C=O) groups excluding carboxylic acids is 2. The number of likely N-dealkylation sites (tertiary alicyclic amines) is 1. The number of carbonyl (C=O) groups is 2. The Bertz CT molecular complexity index is 722. The first-order valence-electron chi connectivity index (χ1n) is 6.53. The van der Waals surface area contributed by atoms with Gasteiger partial charge in [-0.2, -0.15) is 8.42 Å². The van der Waals surface area contributed by atoms with Gasteiger partial charge in [0.25, 0.3) is 5.91 Å². The first kappa shape index (κ1) is 14.8. The maximum atomic E-state index is 12.4. The van der Waals surface area contributed by atoms with E-state index in [9.17, 15) is 18.0 Å². The lowest BCUT2D eigenvalue weighted by molar-refractivity contribution is -0.143. The van der Waals surface area contributed by atoms with E-state index in [-0.39, 0.29) is 13.0 Å². The summed E-state index contributed by atoms with van der Waals surface area (Å²) >= 11 is 0. The Morgan fingerprint density at radius 1 is 1.32 bits per heavy atom. The minimum Gasteiger partial charge on any atom is -0.309 e. The number of para-hydroxylation sites is 1. The number of hydrogen-bond acceptors (Lipinski definition) is 5. The van der Waals surface area contributed by atoms with Crippen molar-refractivity contribution in [1.82, 2.24) is 9.21 Å². The Morgan fingerprint density at radius 3 is 2.55 bits per heavy atom. The number of hydrazine groups is 1. The third-order valence-electron chi connectivity index (χ3n) is 3.87. The van der Waals surface area contributed by atoms with Crippen molar-refractivity contribution in [2.75, 3.05) is 11.6 Å². The van der Waals surface area contributed by atoms with Gasteiger partial charge in [-0.05, 0) is 18.6 Å². The molecule has 0 aliphatic carbocycles. The van der Waals surface area contributed by atoms with Crippen LogP contribution < -0.4 is 10.9 Å². The van der Waals surface area contributed by atoms with Crippen LogP contribution in [0.2, 0.25) is 0 Å². The fraction of sp³-hybridized carbons (Fsp3) is 0.333. The highest BCUT2D eigenvalue weighted by molar-refractivity contribution is 7.84. The highest BCUT2D eigenvalue weighted by Crippen LogP contribution is 2.36. The van der Waals surface area contributed by atoms with Gasteiger partial charge in [-0.3, -0.25) is 9.35 Å². The van der Waals surface area contributed by atoms with E-state index < -0.39 is 34.3 Å². The average molecular weight is 326 g/mol. The number of fused-ring (bicyclic) bond motifs is 1. The van der Waals surface area contributed by atoms with Crippen molar-refractivity contribution >= 4 is 27.9 Å². The molecule has 3 N–H and O–H groups in total. The Kier molecular flexibility index (Phi) is 3.31. The van der Waals surface area contributed by atoms with E-state index in [1.807, 2.05) is 0 Å². The first-order chi connectivity index (χ1) is 10.3. The molecule has 0 radical (unpaired) electrons. The Balaban J connectivity index is 1.78. The number of hydrogen-bond donors (Lipinski definition) is 2. The Labute approximate surface area is 126 Å². The van der Waals surface area contributed by atoms with Crippen LogP contribution in [-0.2, 0) is 15.1 Å². The third-order valence-corrected chi connectivity index (χ3v) is 4.82. The van der Waals surface area contributed by atoms with Crippen molar-refractivity contribution in [3.05, 3.63) is 30.3 Å². The van der Waals surface area contributed by atoms with Crippen LogP contribution in [0.4, 0.5) is 10.5 Å². The first-order valence-corrected chi connectivity index (χ1v) is 7.93. The van der Waals surface area contributed by atoms with Crippen molar-refractivity contribution in [3.8, 4) is 0 Å². The number of nitrogens with two attached hydrogens (primary N) is 1. The van der Waals surface area contributed by atoms with Gasteiger partial charge in [0.05, 0.1) is 11.7 Å². The summed E-state index contributed by atoms with van der Waals surface area (Å²) in [5, 5.41) is 0.908. The molecule has 0 spiro atoms. The van der Waals surface area contributed by atoms with Crippen LogP contribution in [0.25, 0.3) is 0 Å². The van der Waals surface area contributed by atoms with Crippen molar-refractivity contribution in [2.24, 2.45) is 5.84 Å². The number of urea groups is 1. The molecule has 2 atom stereocenters. The summed E-state index contributed by atoms with van der Waals surface area (Å²) in [4.78, 5) is 25.5. The molecule has 3 rings (SSSR count). The molecule has 1 aromatic carbocycles. The molecule has 0 saturated carbocycles. The second-order valence-electron chi connectivity index (χ2n) is 5.09. The van der Waals surface area contributed by atoms with Crippen LogP contribution in [-0.4, -0.2) is 52.7 Å². The second-order valence-corrected chi connectivity index (χ2v) is 6.38. The van der Waals surface area contributed by atoms with Crippen LogP contribution >= 0.6 is 0 Å². The fourth-order valence-electron chi connectivity index (χ4n) is 2.87. The van der Waals surface area contributed by atoms with Gasteiger partial charge in [-0.25, -0.2) is 20.0 Å². The zero-order valence-corrected chi connectivity index (χ0v) is 12.2. The normalized spacial score (nSPS) is 24.0. The Hall–Kier alpha value is -2.17. The molecule has 0 aromatic heterocycles. The van der Waals surface area contributed by atoms with Crippen molar-refractivity contribution < 1.29 is 22.6 Å². The Morgan fingerprint density at radius 2 is 1.95 bits per heavy atom. The number of nitrogens with zero attached hydrogens (tertiary/aromatic N) is 3. The molecule has 2 fully saturated rings. The number of amides is 3. The highest BCUT2D eigenvalue weighted by Gasteiger charge is 2.60. The summed E-state index contributed by atoms with van der Waals surface area (Å²) in [7, 11) is -4.59. The van der Waals surface area contributed by atoms with E-state index in [0.29, 0.717) is 9.99 Å². The predicted molar refractivity (Wildman–Crippen MR) is 75.8 cm³/mol. The lowest BCUT2D eigenvalue weighted by Crippen LogP contribution is -2.69. The summed E-state index contributed by atoms with van der Waals surface area (Å²) < 4.78 is 31.7. The maximum Gasteiger partial charge on any atom is 0.362 e. The minimum atomic E-state index is -4.59. The lowest BCUT2D eigenvalue weighted by atomic mass is 10.0. The number of benzene rings is 1. The largest absolute Gasteiger partial charge is 0.362 e. The number of anilines is 1. The highest BCUT2D eigenvalue weighted by atomic mass is 32.2. The molecule has 2 heterocycles. The van der Waals surface area contributed by atoms with E-state index in [0.717, 1.165) is 5.01 Å². The maximum absolute atomic E-state index is 12.4. The van der Waals surface area contributed by atoms with E-state index in [1.54, 1.807) is 30.3 Å². The molecular weight excluding hydrogens is 312 g/mol. The van der Waals surface area contributed by atoms with Gasteiger partial charge < -0.3 is 4.90 Å². The van der Waals surface area contributed by atoms with Crippen molar-refractivity contribution in [1.29, 1.82) is 0 Å². The smallest absolute Gasteiger partial charge is 0.309 e. The van der Waals surface area contributed by atoms with Gasteiger partial charge in [0.15, 0.2) is 0 Å². The van der Waals surface area contributed by atoms with Crippen molar-refractivity contribution in [3.63, 3.8) is 0 Å². The minimum absolute atomic E-state index is 0.187. The molecule has 2 aliphatic heterocycles. The quantitative estimate of drug-likeness (QED) is 0.250. The second kappa shape index (κ2) is 4.93. The molecule has 0 unspecified atom stereocenters. The van der Waals surface area contributed by atoms with Crippen molar-refractivity contribution in [2.45, 2.75) is 18.5 Å². The molecular formula is C12H14N4O5S. The summed E-state index contributed by atoms with van der Waals surface area (Å²) in [5.41, 5.74) is 0.453. The van der Waals surface area contributed by atoms with E-state index in [1.165, 1.54) is 4.90 Å². The topological polar surface area (TPSA) is 124 Å². The van der Waals surface area contributed by atoms with Gasteiger partial charge in [0.1, 0.15) is 6.04 Å². The van der Waals surface area contributed by atoms with Gasteiger partial charge in [0, 0.05) is 6.54 Å². The molecule has 2 aliphatic rings. The van der Waals surface area contributed by atoms with Crippen LogP contribution in [0, 0.1) is 0 Å². The third kappa shape index (κ3) is 2.12. The molecule has 1 aromatic rings. The molecule has 3 amide bonds. The molecule has 10 heteroatoms. The van der Waals surface area contributed by atoms with E-state index in [4.69, 9.17) is 10.4 Å².